The van der Waals surface area contributed by atoms with Gasteiger partial charge in [-0.1, -0.05) is 12.1 Å². The van der Waals surface area contributed by atoms with Gasteiger partial charge in [-0.2, -0.15) is 0 Å². The van der Waals surface area contributed by atoms with E-state index in [0.717, 1.165) is 11.1 Å². The van der Waals surface area contributed by atoms with E-state index in [-0.39, 0.29) is 12.3 Å². The molecule has 0 saturated heterocycles. The van der Waals surface area contributed by atoms with Crippen LogP contribution in [-0.2, 0) is 16.0 Å². The standard InChI is InChI=1S/C18H16N2O4/c1-11-19-15-7-6-12(8-16(15)24-11)9-17(21)20-14-5-3-4-13(10-14)18(22)23-2/h3-8,10H,9H2,1-2H3,(H,20,21). The fourth-order valence-corrected chi connectivity index (χ4v) is 2.43. The predicted molar refractivity (Wildman–Crippen MR) is 88.9 cm³/mol. The summed E-state index contributed by atoms with van der Waals surface area (Å²) < 4.78 is 10.1. The van der Waals surface area contributed by atoms with Gasteiger partial charge in [-0.05, 0) is 35.9 Å². The number of hydrogen-bond acceptors (Lipinski definition) is 5. The average molecular weight is 324 g/mol. The second-order valence-corrected chi connectivity index (χ2v) is 5.33. The second kappa shape index (κ2) is 6.54. The van der Waals surface area contributed by atoms with E-state index in [2.05, 4.69) is 15.0 Å². The number of nitrogens with zero attached hydrogens (tertiary/aromatic N) is 1. The Balaban J connectivity index is 1.71. The van der Waals surface area contributed by atoms with E-state index < -0.39 is 5.97 Å². The van der Waals surface area contributed by atoms with Crippen LogP contribution in [0.5, 0.6) is 0 Å². The van der Waals surface area contributed by atoms with Crippen molar-refractivity contribution in [2.75, 3.05) is 12.4 Å². The Morgan fingerprint density at radius 1 is 1.21 bits per heavy atom. The predicted octanol–water partition coefficient (Wildman–Crippen LogP) is 3.10. The smallest absolute Gasteiger partial charge is 0.337 e. The van der Waals surface area contributed by atoms with Crippen molar-refractivity contribution < 1.29 is 18.7 Å². The van der Waals surface area contributed by atoms with Gasteiger partial charge >= 0.3 is 5.97 Å². The molecule has 1 aromatic heterocycles. The number of carbonyl (C=O) groups is 2. The zero-order valence-electron chi connectivity index (χ0n) is 13.3. The third-order valence-corrected chi connectivity index (χ3v) is 3.49. The van der Waals surface area contributed by atoms with Crippen molar-refractivity contribution in [2.45, 2.75) is 13.3 Å². The first-order chi connectivity index (χ1) is 11.5. The molecule has 6 heteroatoms. The molecule has 0 saturated carbocycles. The molecular formula is C18H16N2O4. The van der Waals surface area contributed by atoms with E-state index in [0.29, 0.717) is 22.7 Å². The van der Waals surface area contributed by atoms with Crippen molar-refractivity contribution in [1.29, 1.82) is 0 Å². The van der Waals surface area contributed by atoms with Crippen molar-refractivity contribution in [2.24, 2.45) is 0 Å². The van der Waals surface area contributed by atoms with Gasteiger partial charge in [0.15, 0.2) is 11.5 Å². The lowest BCUT2D eigenvalue weighted by molar-refractivity contribution is -0.115. The number of benzene rings is 2. The molecule has 3 aromatic rings. The van der Waals surface area contributed by atoms with Crippen molar-refractivity contribution in [3.05, 3.63) is 59.5 Å². The number of fused-ring (bicyclic) bond motifs is 1. The molecule has 0 atom stereocenters. The van der Waals surface area contributed by atoms with Gasteiger partial charge in [-0.15, -0.1) is 0 Å². The van der Waals surface area contributed by atoms with E-state index in [9.17, 15) is 9.59 Å². The maximum atomic E-state index is 12.2. The Morgan fingerprint density at radius 2 is 2.04 bits per heavy atom. The Morgan fingerprint density at radius 3 is 2.83 bits per heavy atom. The average Bonchev–Trinajstić information content (AvgIpc) is 2.93. The topological polar surface area (TPSA) is 81.4 Å². The number of hydrogen-bond donors (Lipinski definition) is 1. The van der Waals surface area contributed by atoms with E-state index in [1.165, 1.54) is 7.11 Å². The minimum Gasteiger partial charge on any atom is -0.465 e. The minimum atomic E-state index is -0.447. The number of esters is 1. The number of rotatable bonds is 4. The Bertz CT molecular complexity index is 914. The van der Waals surface area contributed by atoms with Crippen LogP contribution < -0.4 is 5.32 Å². The minimum absolute atomic E-state index is 0.187. The highest BCUT2D eigenvalue weighted by atomic mass is 16.5. The summed E-state index contributed by atoms with van der Waals surface area (Å²) in [6.07, 6.45) is 0.193. The van der Waals surface area contributed by atoms with Crippen molar-refractivity contribution in [3.63, 3.8) is 0 Å². The summed E-state index contributed by atoms with van der Waals surface area (Å²) >= 11 is 0. The van der Waals surface area contributed by atoms with Gasteiger partial charge in [0.25, 0.3) is 0 Å². The lowest BCUT2D eigenvalue weighted by atomic mass is 10.1. The molecule has 0 aliphatic heterocycles. The number of methoxy groups -OCH3 is 1. The summed E-state index contributed by atoms with van der Waals surface area (Å²) in [7, 11) is 1.31. The molecule has 1 amide bonds. The summed E-state index contributed by atoms with van der Waals surface area (Å²) in [4.78, 5) is 27.9. The molecule has 0 radical (unpaired) electrons. The normalized spacial score (nSPS) is 10.6. The monoisotopic (exact) mass is 324 g/mol. The lowest BCUT2D eigenvalue weighted by Crippen LogP contribution is -2.14. The number of aromatic nitrogens is 1. The van der Waals surface area contributed by atoms with Crippen LogP contribution >= 0.6 is 0 Å². The van der Waals surface area contributed by atoms with Crippen molar-refractivity contribution in [1.82, 2.24) is 4.98 Å². The molecule has 1 heterocycles. The molecule has 24 heavy (non-hydrogen) atoms. The first kappa shape index (κ1) is 15.7. The number of oxazole rings is 1. The first-order valence-electron chi connectivity index (χ1n) is 7.39. The van der Waals surface area contributed by atoms with Gasteiger partial charge in [0, 0.05) is 12.6 Å². The highest BCUT2D eigenvalue weighted by molar-refractivity contribution is 5.95. The van der Waals surface area contributed by atoms with E-state index >= 15 is 0 Å². The fraction of sp³-hybridized carbons (Fsp3) is 0.167. The molecule has 2 aromatic carbocycles. The Kier molecular flexibility index (Phi) is 4.29. The highest BCUT2D eigenvalue weighted by Crippen LogP contribution is 2.18. The third kappa shape index (κ3) is 3.43. The molecular weight excluding hydrogens is 308 g/mol. The number of nitrogens with one attached hydrogen (secondary N) is 1. The molecule has 0 unspecified atom stereocenters. The molecule has 122 valence electrons. The summed E-state index contributed by atoms with van der Waals surface area (Å²) in [6.45, 7) is 1.78. The summed E-state index contributed by atoms with van der Waals surface area (Å²) in [6, 6.07) is 12.1. The quantitative estimate of drug-likeness (QED) is 0.746. The van der Waals surface area contributed by atoms with Crippen LogP contribution in [0.4, 0.5) is 5.69 Å². The van der Waals surface area contributed by atoms with Crippen LogP contribution in [0.2, 0.25) is 0 Å². The Labute approximate surface area is 138 Å². The highest BCUT2D eigenvalue weighted by Gasteiger charge is 2.10. The zero-order valence-corrected chi connectivity index (χ0v) is 13.3. The van der Waals surface area contributed by atoms with Gasteiger partial charge in [-0.3, -0.25) is 4.79 Å². The van der Waals surface area contributed by atoms with E-state index in [1.807, 2.05) is 12.1 Å². The number of amides is 1. The molecule has 0 aliphatic carbocycles. The third-order valence-electron chi connectivity index (χ3n) is 3.49. The lowest BCUT2D eigenvalue weighted by Gasteiger charge is -2.07. The second-order valence-electron chi connectivity index (χ2n) is 5.33. The van der Waals surface area contributed by atoms with Crippen LogP contribution in [0.1, 0.15) is 21.8 Å². The number of ether oxygens (including phenoxy) is 1. The molecule has 0 spiro atoms. The maximum Gasteiger partial charge on any atom is 0.337 e. The molecule has 0 aliphatic rings. The van der Waals surface area contributed by atoms with Gasteiger partial charge in [-0.25, -0.2) is 9.78 Å². The van der Waals surface area contributed by atoms with Crippen LogP contribution in [0.15, 0.2) is 46.9 Å². The molecule has 0 fully saturated rings. The SMILES string of the molecule is COC(=O)c1cccc(NC(=O)Cc2ccc3nc(C)oc3c2)c1. The number of aryl methyl sites for hydroxylation is 1. The largest absolute Gasteiger partial charge is 0.465 e. The number of carbonyl (C=O) groups excluding carboxylic acids is 2. The summed E-state index contributed by atoms with van der Waals surface area (Å²) in [5.74, 6) is -0.0453. The molecule has 1 N–H and O–H groups in total. The van der Waals surface area contributed by atoms with Gasteiger partial charge in [0.1, 0.15) is 5.52 Å². The van der Waals surface area contributed by atoms with E-state index in [4.69, 9.17) is 4.42 Å². The fourth-order valence-electron chi connectivity index (χ4n) is 2.43. The van der Waals surface area contributed by atoms with Crippen LogP contribution in [0, 0.1) is 6.92 Å². The molecule has 0 bridgehead atoms. The first-order valence-corrected chi connectivity index (χ1v) is 7.39. The van der Waals surface area contributed by atoms with Crippen molar-refractivity contribution in [3.8, 4) is 0 Å². The maximum absolute atomic E-state index is 12.2. The Hall–Kier alpha value is -3.15. The van der Waals surface area contributed by atoms with Crippen LogP contribution in [0.25, 0.3) is 11.1 Å². The van der Waals surface area contributed by atoms with Crippen LogP contribution in [0.3, 0.4) is 0 Å². The van der Waals surface area contributed by atoms with E-state index in [1.54, 1.807) is 37.3 Å². The zero-order chi connectivity index (χ0) is 17.1. The van der Waals surface area contributed by atoms with Gasteiger partial charge in [0.05, 0.1) is 19.1 Å². The number of anilines is 1. The molecule has 6 nitrogen and oxygen atoms in total. The van der Waals surface area contributed by atoms with Gasteiger partial charge < -0.3 is 14.5 Å². The summed E-state index contributed by atoms with van der Waals surface area (Å²) in [5, 5.41) is 2.77. The summed E-state index contributed by atoms with van der Waals surface area (Å²) in [5.41, 5.74) is 3.17. The molecule has 3 rings (SSSR count). The van der Waals surface area contributed by atoms with Crippen molar-refractivity contribution >= 4 is 28.7 Å². The van der Waals surface area contributed by atoms with Gasteiger partial charge in [0.2, 0.25) is 5.91 Å². The van der Waals surface area contributed by atoms with Crippen LogP contribution in [-0.4, -0.2) is 24.0 Å².